The van der Waals surface area contributed by atoms with E-state index < -0.39 is 0 Å². The lowest BCUT2D eigenvalue weighted by atomic mass is 10.2. The molecule has 2 amide bonds. The second-order valence-electron chi connectivity index (χ2n) is 7.58. The van der Waals surface area contributed by atoms with E-state index in [-0.39, 0.29) is 11.8 Å². The highest BCUT2D eigenvalue weighted by Crippen LogP contribution is 2.10. The average molecular weight is 413 g/mol. The number of nitrogens with one attached hydrogen (secondary N) is 4. The third kappa shape index (κ3) is 6.86. The minimum Gasteiger partial charge on any atom is -0.488 e. The van der Waals surface area contributed by atoms with Crippen molar-refractivity contribution in [3.05, 3.63) is 60.2 Å². The number of carbonyl (C=O) groups is 2. The molecule has 7 heteroatoms. The molecule has 2 aromatic rings. The lowest BCUT2D eigenvalue weighted by Crippen LogP contribution is -3.28. The van der Waals surface area contributed by atoms with E-state index in [1.165, 1.54) is 9.80 Å². The number of rotatable bonds is 9. The molecule has 1 aliphatic rings. The van der Waals surface area contributed by atoms with Gasteiger partial charge in [-0.3, -0.25) is 9.59 Å². The van der Waals surface area contributed by atoms with E-state index in [0.717, 1.165) is 38.5 Å². The molecular weight excluding hydrogens is 380 g/mol. The normalized spacial score (nSPS) is 18.4. The quantitative estimate of drug-likeness (QED) is 0.437. The molecule has 0 atom stereocenters. The van der Waals surface area contributed by atoms with Crippen LogP contribution in [0.3, 0.4) is 0 Å². The van der Waals surface area contributed by atoms with Crippen molar-refractivity contribution in [2.45, 2.75) is 6.92 Å². The largest absolute Gasteiger partial charge is 0.488 e. The number of hydrogen-bond acceptors (Lipinski definition) is 3. The Morgan fingerprint density at radius 1 is 0.967 bits per heavy atom. The summed E-state index contributed by atoms with van der Waals surface area (Å²) in [5, 5.41) is 5.69. The van der Waals surface area contributed by atoms with Gasteiger partial charge in [-0.1, -0.05) is 24.3 Å². The molecule has 30 heavy (non-hydrogen) atoms. The van der Waals surface area contributed by atoms with Gasteiger partial charge in [-0.25, -0.2) is 0 Å². The molecular formula is C23H32N4O3+2. The van der Waals surface area contributed by atoms with Crippen LogP contribution in [0.4, 0.5) is 5.69 Å². The summed E-state index contributed by atoms with van der Waals surface area (Å²) in [6.07, 6.45) is 0. The van der Waals surface area contributed by atoms with Crippen molar-refractivity contribution in [1.29, 1.82) is 0 Å². The van der Waals surface area contributed by atoms with E-state index >= 15 is 0 Å². The van der Waals surface area contributed by atoms with Crippen molar-refractivity contribution in [3.63, 3.8) is 0 Å². The molecule has 1 heterocycles. The lowest BCUT2D eigenvalue weighted by Gasteiger charge is -2.29. The van der Waals surface area contributed by atoms with Crippen LogP contribution in [-0.2, 0) is 4.79 Å². The number of benzene rings is 2. The zero-order valence-corrected chi connectivity index (χ0v) is 17.6. The monoisotopic (exact) mass is 412 g/mol. The molecule has 3 rings (SSSR count). The fraction of sp³-hybridized carbons (Fsp3) is 0.391. The number of quaternary nitrogens is 2. The molecule has 0 aromatic heterocycles. The maximum absolute atomic E-state index is 12.4. The van der Waals surface area contributed by atoms with Crippen molar-refractivity contribution < 1.29 is 24.1 Å². The predicted molar refractivity (Wildman–Crippen MR) is 116 cm³/mol. The van der Waals surface area contributed by atoms with Crippen LogP contribution in [0.25, 0.3) is 0 Å². The summed E-state index contributed by atoms with van der Waals surface area (Å²) in [6.45, 7) is 8.58. The van der Waals surface area contributed by atoms with Gasteiger partial charge in [0.1, 0.15) is 45.1 Å². The van der Waals surface area contributed by atoms with Crippen molar-refractivity contribution in [2.75, 3.05) is 57.7 Å². The number of hydrogen-bond donors (Lipinski definition) is 4. The Morgan fingerprint density at radius 3 is 2.43 bits per heavy atom. The van der Waals surface area contributed by atoms with Crippen LogP contribution < -0.4 is 25.2 Å². The zero-order chi connectivity index (χ0) is 21.2. The molecule has 0 aliphatic carbocycles. The first-order chi connectivity index (χ1) is 14.6. The van der Waals surface area contributed by atoms with E-state index in [4.69, 9.17) is 4.74 Å². The zero-order valence-electron chi connectivity index (χ0n) is 17.6. The molecule has 1 aliphatic heterocycles. The van der Waals surface area contributed by atoms with Crippen LogP contribution in [0, 0.1) is 0 Å². The topological polar surface area (TPSA) is 76.3 Å². The number of ether oxygens (including phenoxy) is 1. The summed E-state index contributed by atoms with van der Waals surface area (Å²) < 4.78 is 5.79. The fourth-order valence-electron chi connectivity index (χ4n) is 3.65. The fourth-order valence-corrected chi connectivity index (χ4v) is 3.65. The lowest BCUT2D eigenvalue weighted by molar-refractivity contribution is -1.01. The molecule has 0 unspecified atom stereocenters. The van der Waals surface area contributed by atoms with Crippen molar-refractivity contribution in [1.82, 2.24) is 5.32 Å². The van der Waals surface area contributed by atoms with Gasteiger partial charge in [0.05, 0.1) is 0 Å². The number of carbonyl (C=O) groups excluding carboxylic acids is 2. The van der Waals surface area contributed by atoms with Gasteiger partial charge in [0.2, 0.25) is 0 Å². The second-order valence-corrected chi connectivity index (χ2v) is 7.58. The molecule has 2 aromatic carbocycles. The summed E-state index contributed by atoms with van der Waals surface area (Å²) in [5.41, 5.74) is 1.21. The minimum atomic E-state index is -0.130. The maximum atomic E-state index is 12.4. The van der Waals surface area contributed by atoms with Crippen LogP contribution in [0.15, 0.2) is 54.6 Å². The summed E-state index contributed by atoms with van der Waals surface area (Å²) in [7, 11) is 0. The molecule has 1 saturated heterocycles. The number of amides is 2. The molecule has 0 saturated carbocycles. The van der Waals surface area contributed by atoms with Gasteiger partial charge in [0, 0.05) is 17.8 Å². The van der Waals surface area contributed by atoms with E-state index in [1.807, 2.05) is 43.3 Å². The molecule has 0 spiro atoms. The molecule has 7 nitrogen and oxygen atoms in total. The van der Waals surface area contributed by atoms with E-state index in [1.54, 1.807) is 18.2 Å². The van der Waals surface area contributed by atoms with Gasteiger partial charge in [-0.2, -0.15) is 0 Å². The average Bonchev–Trinajstić information content (AvgIpc) is 2.76. The molecule has 1 fully saturated rings. The number of piperazine rings is 1. The minimum absolute atomic E-state index is 0.0195. The van der Waals surface area contributed by atoms with E-state index in [2.05, 4.69) is 10.6 Å². The van der Waals surface area contributed by atoms with E-state index in [0.29, 0.717) is 30.9 Å². The Labute approximate surface area is 178 Å². The third-order valence-corrected chi connectivity index (χ3v) is 5.29. The van der Waals surface area contributed by atoms with Gasteiger partial charge in [0.15, 0.2) is 6.54 Å². The van der Waals surface area contributed by atoms with Crippen molar-refractivity contribution >= 4 is 17.5 Å². The van der Waals surface area contributed by atoms with Crippen molar-refractivity contribution in [3.8, 4) is 5.75 Å². The first-order valence-corrected chi connectivity index (χ1v) is 10.7. The predicted octanol–water partition coefficient (Wildman–Crippen LogP) is -0.763. The highest BCUT2D eigenvalue weighted by molar-refractivity contribution is 5.97. The molecule has 0 radical (unpaired) electrons. The summed E-state index contributed by atoms with van der Waals surface area (Å²) >= 11 is 0. The highest BCUT2D eigenvalue weighted by atomic mass is 16.5. The van der Waals surface area contributed by atoms with Crippen molar-refractivity contribution in [2.24, 2.45) is 0 Å². The van der Waals surface area contributed by atoms with Crippen LogP contribution >= 0.6 is 0 Å². The van der Waals surface area contributed by atoms with Crippen LogP contribution in [0.2, 0.25) is 0 Å². The Balaban J connectivity index is 1.37. The number of para-hydroxylation sites is 1. The highest BCUT2D eigenvalue weighted by Gasteiger charge is 2.24. The summed E-state index contributed by atoms with van der Waals surface area (Å²) in [6, 6.07) is 16.9. The standard InChI is InChI=1S/C23H30N4O3/c1-2-24-23(29)19-7-6-8-20(17-19)25-22(28)18-27-13-11-26(12-14-27)15-16-30-21-9-4-3-5-10-21/h3-10,17H,2,11-16,18H2,1H3,(H,24,29)(H,25,28)/p+2. The number of anilines is 1. The molecule has 0 bridgehead atoms. The third-order valence-electron chi connectivity index (χ3n) is 5.29. The van der Waals surface area contributed by atoms with Gasteiger partial charge >= 0.3 is 0 Å². The van der Waals surface area contributed by atoms with Gasteiger partial charge < -0.3 is 25.2 Å². The Hall–Kier alpha value is -2.90. The summed E-state index contributed by atoms with van der Waals surface area (Å²) in [4.78, 5) is 27.2. The molecule has 160 valence electrons. The van der Waals surface area contributed by atoms with Crippen LogP contribution in [0.1, 0.15) is 17.3 Å². The Bertz CT molecular complexity index is 820. The van der Waals surface area contributed by atoms with Gasteiger partial charge in [-0.15, -0.1) is 0 Å². The molecule has 4 N–H and O–H groups in total. The van der Waals surface area contributed by atoms with Crippen LogP contribution in [-0.4, -0.2) is 64.2 Å². The first kappa shape index (κ1) is 21.8. The smallest absolute Gasteiger partial charge is 0.279 e. The Morgan fingerprint density at radius 2 is 1.70 bits per heavy atom. The van der Waals surface area contributed by atoms with Gasteiger partial charge in [0.25, 0.3) is 11.8 Å². The SMILES string of the molecule is CCNC(=O)c1cccc(NC(=O)C[NH+]2CC[NH+](CCOc3ccccc3)CC2)c1. The van der Waals surface area contributed by atoms with E-state index in [9.17, 15) is 9.59 Å². The van der Waals surface area contributed by atoms with Gasteiger partial charge in [-0.05, 0) is 37.3 Å². The maximum Gasteiger partial charge on any atom is 0.279 e. The van der Waals surface area contributed by atoms with Crippen LogP contribution in [0.5, 0.6) is 5.75 Å². The Kier molecular flexibility index (Phi) is 8.23. The second kappa shape index (κ2) is 11.3. The summed E-state index contributed by atoms with van der Waals surface area (Å²) in [5.74, 6) is 0.762. The first-order valence-electron chi connectivity index (χ1n) is 10.7.